The van der Waals surface area contributed by atoms with Crippen LogP contribution in [-0.2, 0) is 22.1 Å². The largest absolute Gasteiger partial charge is 0.292 e. The lowest BCUT2D eigenvalue weighted by Gasteiger charge is -2.36. The number of rotatable bonds is 6. The molecule has 31 heavy (non-hydrogen) atoms. The van der Waals surface area contributed by atoms with E-state index in [0.717, 1.165) is 24.9 Å². The molecule has 3 heterocycles. The molecular weight excluding hydrogens is 453 g/mol. The Kier molecular flexibility index (Phi) is 6.92. The number of pyridine rings is 2. The maximum atomic E-state index is 13.0. The van der Waals surface area contributed by atoms with Crippen molar-refractivity contribution in [2.75, 3.05) is 6.54 Å². The van der Waals surface area contributed by atoms with Crippen molar-refractivity contribution in [1.29, 1.82) is 0 Å². The lowest BCUT2D eigenvalue weighted by Crippen LogP contribution is -2.33. The summed E-state index contributed by atoms with van der Waals surface area (Å²) in [5, 5.41) is 0.258. The van der Waals surface area contributed by atoms with E-state index < -0.39 is 9.84 Å². The molecule has 5 nitrogen and oxygen atoms in total. The van der Waals surface area contributed by atoms with Crippen molar-refractivity contribution < 1.29 is 8.42 Å². The molecule has 4 rings (SSSR count). The minimum absolute atomic E-state index is 0.0311. The van der Waals surface area contributed by atoms with Crippen molar-refractivity contribution in [2.24, 2.45) is 0 Å². The van der Waals surface area contributed by atoms with Crippen LogP contribution in [0.5, 0.6) is 0 Å². The van der Waals surface area contributed by atoms with Crippen molar-refractivity contribution >= 4 is 33.0 Å². The Labute approximate surface area is 193 Å². The molecule has 0 amide bonds. The Bertz CT molecular complexity index is 1140. The van der Waals surface area contributed by atoms with Crippen LogP contribution >= 0.6 is 23.2 Å². The standard InChI is InChI=1S/C23H23Cl2N3O2S/c24-20-6-3-7-21(25)23(20)31(29,30)16-18-11-17(12-27-13-18)15-28-10-2-1-8-22(28)19-5-4-9-26-14-19/h3-7,9,11-14,22H,1-2,8,10,15-16H2. The van der Waals surface area contributed by atoms with Gasteiger partial charge in [-0.2, -0.15) is 0 Å². The molecule has 1 unspecified atom stereocenters. The van der Waals surface area contributed by atoms with Gasteiger partial charge in [0, 0.05) is 37.4 Å². The second-order valence-corrected chi connectivity index (χ2v) is 10.5. The highest BCUT2D eigenvalue weighted by molar-refractivity contribution is 7.90. The predicted octanol–water partition coefficient (Wildman–Crippen LogP) is 5.48. The lowest BCUT2D eigenvalue weighted by atomic mass is 9.96. The van der Waals surface area contributed by atoms with Crippen LogP contribution in [0, 0.1) is 0 Å². The molecule has 0 N–H and O–H groups in total. The van der Waals surface area contributed by atoms with E-state index in [-0.39, 0.29) is 20.7 Å². The topological polar surface area (TPSA) is 63.2 Å². The van der Waals surface area contributed by atoms with Crippen LogP contribution < -0.4 is 0 Å². The SMILES string of the molecule is O=S(=O)(Cc1cncc(CN2CCCCC2c2cccnc2)c1)c1c(Cl)cccc1Cl. The number of likely N-dealkylation sites (tertiary alicyclic amines) is 1. The van der Waals surface area contributed by atoms with E-state index in [1.165, 1.54) is 24.1 Å². The predicted molar refractivity (Wildman–Crippen MR) is 123 cm³/mol. The van der Waals surface area contributed by atoms with Gasteiger partial charge in [0.2, 0.25) is 0 Å². The van der Waals surface area contributed by atoms with Crippen LogP contribution in [0.2, 0.25) is 10.0 Å². The van der Waals surface area contributed by atoms with Gasteiger partial charge in [-0.25, -0.2) is 8.42 Å². The first-order chi connectivity index (χ1) is 14.9. The lowest BCUT2D eigenvalue weighted by molar-refractivity contribution is 0.140. The van der Waals surface area contributed by atoms with Gasteiger partial charge in [-0.15, -0.1) is 0 Å². The summed E-state index contributed by atoms with van der Waals surface area (Å²) in [4.78, 5) is 11.0. The summed E-state index contributed by atoms with van der Waals surface area (Å²) in [6.07, 6.45) is 10.5. The molecule has 3 aromatic rings. The van der Waals surface area contributed by atoms with Gasteiger partial charge in [-0.3, -0.25) is 14.9 Å². The van der Waals surface area contributed by atoms with Gasteiger partial charge in [0.05, 0.1) is 15.8 Å². The van der Waals surface area contributed by atoms with Crippen LogP contribution in [0.3, 0.4) is 0 Å². The average molecular weight is 476 g/mol. The molecule has 1 atom stereocenters. The van der Waals surface area contributed by atoms with Crippen molar-refractivity contribution in [3.63, 3.8) is 0 Å². The van der Waals surface area contributed by atoms with Crippen molar-refractivity contribution in [1.82, 2.24) is 14.9 Å². The van der Waals surface area contributed by atoms with E-state index in [2.05, 4.69) is 20.9 Å². The van der Waals surface area contributed by atoms with E-state index in [1.807, 2.05) is 18.3 Å². The zero-order valence-corrected chi connectivity index (χ0v) is 19.2. The molecule has 0 spiro atoms. The fourth-order valence-electron chi connectivity index (χ4n) is 4.14. The summed E-state index contributed by atoms with van der Waals surface area (Å²) in [5.74, 6) is -0.205. The summed E-state index contributed by atoms with van der Waals surface area (Å²) in [6, 6.07) is 11.0. The molecule has 1 aromatic carbocycles. The quantitative estimate of drug-likeness (QED) is 0.471. The summed E-state index contributed by atoms with van der Waals surface area (Å²) >= 11 is 12.2. The Morgan fingerprint density at radius 1 is 0.968 bits per heavy atom. The minimum atomic E-state index is -3.70. The van der Waals surface area contributed by atoms with E-state index in [0.29, 0.717) is 18.2 Å². The zero-order valence-electron chi connectivity index (χ0n) is 16.9. The maximum absolute atomic E-state index is 13.0. The Morgan fingerprint density at radius 3 is 2.48 bits per heavy atom. The number of hydrogen-bond donors (Lipinski definition) is 0. The number of aromatic nitrogens is 2. The molecule has 0 saturated carbocycles. The van der Waals surface area contributed by atoms with Gasteiger partial charge in [0.15, 0.2) is 9.84 Å². The molecule has 1 saturated heterocycles. The zero-order chi connectivity index (χ0) is 21.8. The van der Waals surface area contributed by atoms with Crippen LogP contribution in [0.25, 0.3) is 0 Å². The Balaban J connectivity index is 1.54. The smallest absolute Gasteiger partial charge is 0.185 e. The molecule has 162 valence electrons. The fourth-order valence-corrected chi connectivity index (χ4v) is 6.72. The van der Waals surface area contributed by atoms with E-state index >= 15 is 0 Å². The maximum Gasteiger partial charge on any atom is 0.185 e. The number of nitrogens with zero attached hydrogens (tertiary/aromatic N) is 3. The summed E-state index contributed by atoms with van der Waals surface area (Å²) in [5.41, 5.74) is 2.81. The van der Waals surface area contributed by atoms with Gasteiger partial charge in [-0.05, 0) is 54.3 Å². The van der Waals surface area contributed by atoms with Crippen molar-refractivity contribution in [3.8, 4) is 0 Å². The molecule has 1 aliphatic heterocycles. The van der Waals surface area contributed by atoms with Gasteiger partial charge in [-0.1, -0.05) is 47.8 Å². The third-order valence-corrected chi connectivity index (χ3v) is 8.14. The highest BCUT2D eigenvalue weighted by Crippen LogP contribution is 2.33. The second kappa shape index (κ2) is 9.65. The van der Waals surface area contributed by atoms with Crippen LogP contribution in [0.1, 0.15) is 42.0 Å². The van der Waals surface area contributed by atoms with Gasteiger partial charge < -0.3 is 0 Å². The van der Waals surface area contributed by atoms with Gasteiger partial charge >= 0.3 is 0 Å². The van der Waals surface area contributed by atoms with Crippen LogP contribution in [0.15, 0.2) is 66.1 Å². The molecular formula is C23H23Cl2N3O2S. The average Bonchev–Trinajstić information content (AvgIpc) is 2.74. The van der Waals surface area contributed by atoms with E-state index in [9.17, 15) is 8.42 Å². The monoisotopic (exact) mass is 475 g/mol. The number of sulfone groups is 1. The minimum Gasteiger partial charge on any atom is -0.292 e. The molecule has 0 bridgehead atoms. The van der Waals surface area contributed by atoms with Crippen LogP contribution in [-0.4, -0.2) is 29.8 Å². The second-order valence-electron chi connectivity index (χ2n) is 7.78. The fraction of sp³-hybridized carbons (Fsp3) is 0.304. The highest BCUT2D eigenvalue weighted by Gasteiger charge is 2.25. The molecule has 0 radical (unpaired) electrons. The van der Waals surface area contributed by atoms with Crippen LogP contribution in [0.4, 0.5) is 0 Å². The third kappa shape index (κ3) is 5.26. The first kappa shape index (κ1) is 22.2. The Hall–Kier alpha value is -1.99. The first-order valence-electron chi connectivity index (χ1n) is 10.2. The van der Waals surface area contributed by atoms with E-state index in [4.69, 9.17) is 23.2 Å². The molecule has 8 heteroatoms. The summed E-state index contributed by atoms with van der Waals surface area (Å²) < 4.78 is 25.9. The van der Waals surface area contributed by atoms with Gasteiger partial charge in [0.25, 0.3) is 0 Å². The van der Waals surface area contributed by atoms with Crippen molar-refractivity contribution in [3.05, 3.63) is 87.9 Å². The van der Waals surface area contributed by atoms with Crippen molar-refractivity contribution in [2.45, 2.75) is 42.5 Å². The molecule has 1 aliphatic rings. The number of halogens is 2. The number of hydrogen-bond acceptors (Lipinski definition) is 5. The molecule has 0 aliphatic carbocycles. The third-order valence-electron chi connectivity index (χ3n) is 5.51. The summed E-state index contributed by atoms with van der Waals surface area (Å²) in [7, 11) is -3.70. The van der Waals surface area contributed by atoms with Gasteiger partial charge in [0.1, 0.15) is 4.90 Å². The number of piperidine rings is 1. The molecule has 1 fully saturated rings. The number of benzene rings is 1. The first-order valence-corrected chi connectivity index (χ1v) is 12.6. The Morgan fingerprint density at radius 2 is 1.74 bits per heavy atom. The highest BCUT2D eigenvalue weighted by atomic mass is 35.5. The summed E-state index contributed by atoms with van der Waals surface area (Å²) in [6.45, 7) is 1.69. The normalized spacial score (nSPS) is 17.5. The molecule has 2 aromatic heterocycles. The van der Waals surface area contributed by atoms with E-state index in [1.54, 1.807) is 24.7 Å².